The summed E-state index contributed by atoms with van der Waals surface area (Å²) in [6, 6.07) is 0.234. The number of nitrogens with one attached hydrogen (secondary N) is 2. The van der Waals surface area contributed by atoms with Gasteiger partial charge in [0.05, 0.1) is 12.8 Å². The Labute approximate surface area is 206 Å². The fourth-order valence-corrected chi connectivity index (χ4v) is 7.53. The SMILES string of the molecule is CC1(C)C2CCC1(C)C(NC(=O)c1cnn(CCC3CCNCC3)c1OCC1CCCCC1)C2. The Hall–Kier alpha value is -1.56. The predicted octanol–water partition coefficient (Wildman–Crippen LogP) is 5.18. The molecule has 6 heteroatoms. The molecule has 4 aliphatic rings. The molecule has 3 unspecified atom stereocenters. The third-order valence-electron chi connectivity index (χ3n) is 10.5. The summed E-state index contributed by atoms with van der Waals surface area (Å²) in [4.78, 5) is 13.6. The van der Waals surface area contributed by atoms with Crippen molar-refractivity contribution in [3.8, 4) is 5.88 Å². The average Bonchev–Trinajstić information content (AvgIpc) is 3.41. The van der Waals surface area contributed by atoms with Crippen molar-refractivity contribution in [3.05, 3.63) is 11.8 Å². The van der Waals surface area contributed by atoms with Crippen LogP contribution >= 0.6 is 0 Å². The second-order valence-electron chi connectivity index (χ2n) is 12.5. The second kappa shape index (κ2) is 9.83. The lowest BCUT2D eigenvalue weighted by Gasteiger charge is -2.39. The zero-order valence-electron chi connectivity index (χ0n) is 21.7. The Morgan fingerprint density at radius 2 is 1.88 bits per heavy atom. The zero-order valence-corrected chi connectivity index (χ0v) is 21.7. The summed E-state index contributed by atoms with van der Waals surface area (Å²) in [5.74, 6) is 2.73. The number of carbonyl (C=O) groups excluding carboxylic acids is 1. The van der Waals surface area contributed by atoms with E-state index in [-0.39, 0.29) is 22.8 Å². The molecule has 2 N–H and O–H groups in total. The number of aromatic nitrogens is 2. The van der Waals surface area contributed by atoms with Gasteiger partial charge in [-0.25, -0.2) is 4.68 Å². The molecule has 1 aliphatic heterocycles. The van der Waals surface area contributed by atoms with Gasteiger partial charge in [-0.15, -0.1) is 0 Å². The number of piperidine rings is 1. The van der Waals surface area contributed by atoms with Gasteiger partial charge in [0.2, 0.25) is 5.88 Å². The van der Waals surface area contributed by atoms with Gasteiger partial charge < -0.3 is 15.4 Å². The van der Waals surface area contributed by atoms with Gasteiger partial charge in [-0.3, -0.25) is 4.79 Å². The molecule has 1 aromatic heterocycles. The lowest BCUT2D eigenvalue weighted by atomic mass is 9.69. The van der Waals surface area contributed by atoms with Crippen LogP contribution in [0.1, 0.15) is 102 Å². The summed E-state index contributed by atoms with van der Waals surface area (Å²) in [6.07, 6.45) is 15.3. The van der Waals surface area contributed by atoms with E-state index in [0.29, 0.717) is 29.9 Å². The van der Waals surface area contributed by atoms with E-state index in [2.05, 4.69) is 36.5 Å². The maximum Gasteiger partial charge on any atom is 0.258 e. The number of carbonyl (C=O) groups is 1. The average molecular weight is 471 g/mol. The third-order valence-corrected chi connectivity index (χ3v) is 10.5. The Morgan fingerprint density at radius 3 is 2.56 bits per heavy atom. The first-order valence-electron chi connectivity index (χ1n) is 14.1. The van der Waals surface area contributed by atoms with E-state index in [1.807, 2.05) is 4.68 Å². The van der Waals surface area contributed by atoms with Gasteiger partial charge in [-0.05, 0) is 93.0 Å². The van der Waals surface area contributed by atoms with E-state index in [1.54, 1.807) is 6.20 Å². The molecule has 0 aromatic carbocycles. The quantitative estimate of drug-likeness (QED) is 0.550. The van der Waals surface area contributed by atoms with Gasteiger partial charge in [0.25, 0.3) is 5.91 Å². The molecule has 2 bridgehead atoms. The highest BCUT2D eigenvalue weighted by atomic mass is 16.5. The highest BCUT2D eigenvalue weighted by Gasteiger charge is 2.61. The minimum atomic E-state index is 0.00124. The van der Waals surface area contributed by atoms with E-state index in [4.69, 9.17) is 4.74 Å². The van der Waals surface area contributed by atoms with Crippen molar-refractivity contribution in [2.45, 2.75) is 104 Å². The molecule has 2 heterocycles. The molecule has 0 spiro atoms. The molecule has 1 aromatic rings. The fourth-order valence-electron chi connectivity index (χ4n) is 7.53. The van der Waals surface area contributed by atoms with Crippen LogP contribution in [0.25, 0.3) is 0 Å². The summed E-state index contributed by atoms with van der Waals surface area (Å²) < 4.78 is 8.41. The molecule has 5 rings (SSSR count). The minimum Gasteiger partial charge on any atom is -0.477 e. The van der Waals surface area contributed by atoms with E-state index in [1.165, 1.54) is 57.8 Å². The molecule has 190 valence electrons. The normalized spacial score (nSPS) is 31.6. The topological polar surface area (TPSA) is 68.2 Å². The van der Waals surface area contributed by atoms with Gasteiger partial charge >= 0.3 is 0 Å². The molecule has 6 nitrogen and oxygen atoms in total. The molecular weight excluding hydrogens is 424 g/mol. The van der Waals surface area contributed by atoms with Gasteiger partial charge in [0.15, 0.2) is 0 Å². The molecular formula is C28H46N4O2. The summed E-state index contributed by atoms with van der Waals surface area (Å²) in [6.45, 7) is 10.9. The highest BCUT2D eigenvalue weighted by Crippen LogP contribution is 2.65. The minimum absolute atomic E-state index is 0.00124. The van der Waals surface area contributed by atoms with E-state index < -0.39 is 0 Å². The molecule has 1 saturated heterocycles. The maximum absolute atomic E-state index is 13.6. The van der Waals surface area contributed by atoms with Crippen molar-refractivity contribution in [1.82, 2.24) is 20.4 Å². The Bertz CT molecular complexity index is 853. The molecule has 0 radical (unpaired) electrons. The molecule has 1 amide bonds. The Kier molecular flexibility index (Phi) is 6.98. The number of hydrogen-bond acceptors (Lipinski definition) is 4. The summed E-state index contributed by atoms with van der Waals surface area (Å²) in [5, 5.41) is 11.6. The zero-order chi connectivity index (χ0) is 23.8. The number of aryl methyl sites for hydroxylation is 1. The van der Waals surface area contributed by atoms with Crippen molar-refractivity contribution >= 4 is 5.91 Å². The highest BCUT2D eigenvalue weighted by molar-refractivity contribution is 5.96. The van der Waals surface area contributed by atoms with Gasteiger partial charge in [-0.2, -0.15) is 5.10 Å². The summed E-state index contributed by atoms with van der Waals surface area (Å²) >= 11 is 0. The van der Waals surface area contributed by atoms with Crippen LogP contribution in [-0.2, 0) is 6.54 Å². The maximum atomic E-state index is 13.6. The van der Waals surface area contributed by atoms with Crippen molar-refractivity contribution in [1.29, 1.82) is 0 Å². The third kappa shape index (κ3) is 4.52. The lowest BCUT2D eigenvalue weighted by molar-refractivity contribution is 0.0820. The fraction of sp³-hybridized carbons (Fsp3) is 0.857. The predicted molar refractivity (Wildman–Crippen MR) is 135 cm³/mol. The smallest absolute Gasteiger partial charge is 0.258 e. The van der Waals surface area contributed by atoms with Gasteiger partial charge in [0, 0.05) is 12.6 Å². The van der Waals surface area contributed by atoms with E-state index in [0.717, 1.165) is 38.4 Å². The number of fused-ring (bicyclic) bond motifs is 2. The number of rotatable bonds is 8. The van der Waals surface area contributed by atoms with Crippen molar-refractivity contribution in [2.75, 3.05) is 19.7 Å². The molecule has 3 atom stereocenters. The van der Waals surface area contributed by atoms with Crippen LogP contribution in [-0.4, -0.2) is 41.4 Å². The van der Waals surface area contributed by atoms with Crippen molar-refractivity contribution in [2.24, 2.45) is 28.6 Å². The van der Waals surface area contributed by atoms with Crippen LogP contribution in [0.4, 0.5) is 0 Å². The molecule has 3 saturated carbocycles. The number of nitrogens with zero attached hydrogens (tertiary/aromatic N) is 2. The standard InChI is InChI=1S/C28H46N4O2/c1-27(2)22-9-13-28(27,3)24(17-22)31-25(33)23-18-30-32(16-12-20-10-14-29-15-11-20)26(23)34-19-21-7-5-4-6-8-21/h18,20-22,24,29H,4-17,19H2,1-3H3,(H,31,33). The van der Waals surface area contributed by atoms with Crippen LogP contribution in [0.5, 0.6) is 5.88 Å². The number of ether oxygens (including phenoxy) is 1. The van der Waals surface area contributed by atoms with Crippen LogP contribution in [0.3, 0.4) is 0 Å². The van der Waals surface area contributed by atoms with Crippen LogP contribution in [0.2, 0.25) is 0 Å². The molecule has 4 fully saturated rings. The second-order valence-corrected chi connectivity index (χ2v) is 12.5. The molecule has 34 heavy (non-hydrogen) atoms. The molecule has 3 aliphatic carbocycles. The largest absolute Gasteiger partial charge is 0.477 e. The number of hydrogen-bond donors (Lipinski definition) is 2. The number of amides is 1. The van der Waals surface area contributed by atoms with Crippen molar-refractivity contribution < 1.29 is 9.53 Å². The Morgan fingerprint density at radius 1 is 1.12 bits per heavy atom. The van der Waals surface area contributed by atoms with Crippen molar-refractivity contribution in [3.63, 3.8) is 0 Å². The van der Waals surface area contributed by atoms with E-state index >= 15 is 0 Å². The van der Waals surface area contributed by atoms with Crippen LogP contribution in [0, 0.1) is 28.6 Å². The lowest BCUT2D eigenvalue weighted by Crippen LogP contribution is -2.46. The monoisotopic (exact) mass is 470 g/mol. The van der Waals surface area contributed by atoms with Gasteiger partial charge in [-0.1, -0.05) is 40.0 Å². The summed E-state index contributed by atoms with van der Waals surface area (Å²) in [5.41, 5.74) is 1.08. The first-order chi connectivity index (χ1) is 16.4. The van der Waals surface area contributed by atoms with E-state index in [9.17, 15) is 4.79 Å². The Balaban J connectivity index is 1.29. The van der Waals surface area contributed by atoms with Crippen LogP contribution < -0.4 is 15.4 Å². The first kappa shape index (κ1) is 24.1. The van der Waals surface area contributed by atoms with Gasteiger partial charge in [0.1, 0.15) is 5.56 Å². The first-order valence-corrected chi connectivity index (χ1v) is 14.1. The summed E-state index contributed by atoms with van der Waals surface area (Å²) in [7, 11) is 0. The van der Waals surface area contributed by atoms with Crippen LogP contribution in [0.15, 0.2) is 6.20 Å².